The fraction of sp³-hybridized carbons (Fsp3) is 0.562. The first-order valence-corrected chi connectivity index (χ1v) is 7.60. The minimum absolute atomic E-state index is 0.0463. The summed E-state index contributed by atoms with van der Waals surface area (Å²) in [5.41, 5.74) is 1.05. The second-order valence-corrected chi connectivity index (χ2v) is 6.56. The van der Waals surface area contributed by atoms with Crippen LogP contribution in [-0.2, 0) is 5.41 Å². The molecule has 0 spiro atoms. The van der Waals surface area contributed by atoms with Crippen molar-refractivity contribution in [2.75, 3.05) is 0 Å². The number of carbonyl (C=O) groups is 1. The minimum Gasteiger partial charge on any atom is -0.478 e. The van der Waals surface area contributed by atoms with Crippen molar-refractivity contribution >= 4 is 11.6 Å². The van der Waals surface area contributed by atoms with Crippen LogP contribution in [0.3, 0.4) is 0 Å². The van der Waals surface area contributed by atoms with Crippen LogP contribution in [0.15, 0.2) is 18.3 Å². The lowest BCUT2D eigenvalue weighted by atomic mass is 9.78. The first-order chi connectivity index (χ1) is 10.0. The largest absolute Gasteiger partial charge is 0.478 e. The standard InChI is InChI=1S/C16H21N3O2/c1-11(2)9-16(7-3-4-8-16)15-18-17-13-6-5-12(14(20)21)10-19(13)15/h5-6,10-11H,3-4,7-9H2,1-2H3,(H,20,21). The van der Waals surface area contributed by atoms with E-state index in [-0.39, 0.29) is 11.0 Å². The summed E-state index contributed by atoms with van der Waals surface area (Å²) in [7, 11) is 0. The van der Waals surface area contributed by atoms with Crippen molar-refractivity contribution < 1.29 is 9.90 Å². The van der Waals surface area contributed by atoms with Crippen LogP contribution < -0.4 is 0 Å². The first kappa shape index (κ1) is 14.0. The van der Waals surface area contributed by atoms with E-state index in [1.165, 1.54) is 12.8 Å². The van der Waals surface area contributed by atoms with E-state index in [4.69, 9.17) is 0 Å². The summed E-state index contributed by atoms with van der Waals surface area (Å²) in [6.45, 7) is 4.46. The van der Waals surface area contributed by atoms with E-state index >= 15 is 0 Å². The number of carboxylic acid groups (broad SMARTS) is 1. The topological polar surface area (TPSA) is 67.5 Å². The average molecular weight is 287 g/mol. The number of fused-ring (bicyclic) bond motifs is 1. The molecule has 112 valence electrons. The van der Waals surface area contributed by atoms with E-state index in [0.29, 0.717) is 5.92 Å². The highest BCUT2D eigenvalue weighted by atomic mass is 16.4. The third-order valence-electron chi connectivity index (χ3n) is 4.48. The highest BCUT2D eigenvalue weighted by Gasteiger charge is 2.40. The summed E-state index contributed by atoms with van der Waals surface area (Å²) in [5, 5.41) is 17.9. The van der Waals surface area contributed by atoms with Crippen LogP contribution in [0.1, 0.15) is 62.1 Å². The first-order valence-electron chi connectivity index (χ1n) is 7.60. The number of carboxylic acids is 1. The molecule has 0 aromatic carbocycles. The second kappa shape index (κ2) is 5.13. The van der Waals surface area contributed by atoms with Gasteiger partial charge in [-0.15, -0.1) is 10.2 Å². The SMILES string of the molecule is CC(C)CC1(c2nnc3ccc(C(=O)O)cn23)CCCC1. The molecule has 1 aliphatic carbocycles. The van der Waals surface area contributed by atoms with E-state index in [1.54, 1.807) is 18.3 Å². The Bertz CT molecular complexity index is 669. The molecule has 1 saturated carbocycles. The van der Waals surface area contributed by atoms with Gasteiger partial charge in [0.1, 0.15) is 5.82 Å². The maximum atomic E-state index is 11.2. The number of hydrogen-bond acceptors (Lipinski definition) is 3. The third-order valence-corrected chi connectivity index (χ3v) is 4.48. The van der Waals surface area contributed by atoms with Crippen LogP contribution in [-0.4, -0.2) is 25.7 Å². The van der Waals surface area contributed by atoms with E-state index in [0.717, 1.165) is 30.7 Å². The van der Waals surface area contributed by atoms with Crippen molar-refractivity contribution in [2.45, 2.75) is 51.4 Å². The van der Waals surface area contributed by atoms with E-state index in [9.17, 15) is 9.90 Å². The lowest BCUT2D eigenvalue weighted by molar-refractivity contribution is 0.0696. The number of nitrogens with zero attached hydrogens (tertiary/aromatic N) is 3. The molecule has 0 saturated heterocycles. The molecular weight excluding hydrogens is 266 g/mol. The van der Waals surface area contributed by atoms with Gasteiger partial charge in [-0.25, -0.2) is 4.79 Å². The highest BCUT2D eigenvalue weighted by molar-refractivity contribution is 5.87. The van der Waals surface area contributed by atoms with Crippen LogP contribution in [0.25, 0.3) is 5.65 Å². The second-order valence-electron chi connectivity index (χ2n) is 6.56. The summed E-state index contributed by atoms with van der Waals surface area (Å²) in [4.78, 5) is 11.2. The molecule has 0 aliphatic heterocycles. The fourth-order valence-corrected chi connectivity index (χ4v) is 3.73. The lowest BCUT2D eigenvalue weighted by Gasteiger charge is -2.29. The minimum atomic E-state index is -0.916. The number of pyridine rings is 1. The van der Waals surface area contributed by atoms with Crippen molar-refractivity contribution in [2.24, 2.45) is 5.92 Å². The molecule has 1 fully saturated rings. The number of rotatable bonds is 4. The maximum absolute atomic E-state index is 11.2. The summed E-state index contributed by atoms with van der Waals surface area (Å²) >= 11 is 0. The van der Waals surface area contributed by atoms with Crippen LogP contribution in [0.4, 0.5) is 0 Å². The molecule has 0 bridgehead atoms. The molecule has 2 heterocycles. The van der Waals surface area contributed by atoms with E-state index < -0.39 is 5.97 Å². The zero-order chi connectivity index (χ0) is 15.0. The van der Waals surface area contributed by atoms with Crippen molar-refractivity contribution in [3.8, 4) is 0 Å². The van der Waals surface area contributed by atoms with E-state index in [2.05, 4.69) is 24.0 Å². The zero-order valence-corrected chi connectivity index (χ0v) is 12.5. The number of aromatic carboxylic acids is 1. The van der Waals surface area contributed by atoms with Gasteiger partial charge in [-0.2, -0.15) is 0 Å². The van der Waals surface area contributed by atoms with Gasteiger partial charge in [0, 0.05) is 11.6 Å². The Hall–Kier alpha value is -1.91. The maximum Gasteiger partial charge on any atom is 0.337 e. The Morgan fingerprint density at radius 1 is 1.33 bits per heavy atom. The summed E-state index contributed by atoms with van der Waals surface area (Å²) in [6.07, 6.45) is 7.38. The molecule has 5 heteroatoms. The summed E-state index contributed by atoms with van der Waals surface area (Å²) < 4.78 is 1.89. The highest BCUT2D eigenvalue weighted by Crippen LogP contribution is 2.44. The molecule has 0 atom stereocenters. The van der Waals surface area contributed by atoms with Gasteiger partial charge in [-0.1, -0.05) is 26.7 Å². The van der Waals surface area contributed by atoms with Crippen molar-refractivity contribution in [3.05, 3.63) is 29.7 Å². The average Bonchev–Trinajstić information content (AvgIpc) is 3.04. The molecule has 2 aromatic heterocycles. The summed E-state index contributed by atoms with van der Waals surface area (Å²) in [6, 6.07) is 3.32. The van der Waals surface area contributed by atoms with Crippen LogP contribution in [0.2, 0.25) is 0 Å². The Morgan fingerprint density at radius 3 is 2.67 bits per heavy atom. The molecular formula is C16H21N3O2. The normalized spacial score (nSPS) is 17.7. The van der Waals surface area contributed by atoms with Gasteiger partial charge in [0.05, 0.1) is 5.56 Å². The van der Waals surface area contributed by atoms with Crippen LogP contribution in [0.5, 0.6) is 0 Å². The monoisotopic (exact) mass is 287 g/mol. The molecule has 1 N–H and O–H groups in total. The molecule has 2 aromatic rings. The van der Waals surface area contributed by atoms with Gasteiger partial charge >= 0.3 is 5.97 Å². The predicted molar refractivity (Wildman–Crippen MR) is 79.5 cm³/mol. The van der Waals surface area contributed by atoms with Gasteiger partial charge in [0.15, 0.2) is 5.65 Å². The molecule has 0 radical (unpaired) electrons. The fourth-order valence-electron chi connectivity index (χ4n) is 3.73. The lowest BCUT2D eigenvalue weighted by Crippen LogP contribution is -2.27. The van der Waals surface area contributed by atoms with Gasteiger partial charge < -0.3 is 5.11 Å². The van der Waals surface area contributed by atoms with Gasteiger partial charge in [-0.05, 0) is 37.3 Å². The molecule has 0 unspecified atom stereocenters. The van der Waals surface area contributed by atoms with Crippen molar-refractivity contribution in [3.63, 3.8) is 0 Å². The molecule has 3 rings (SSSR count). The van der Waals surface area contributed by atoms with Crippen molar-refractivity contribution in [1.82, 2.24) is 14.6 Å². The molecule has 5 nitrogen and oxygen atoms in total. The van der Waals surface area contributed by atoms with E-state index in [1.807, 2.05) is 4.40 Å². The Labute approximate surface area is 124 Å². The van der Waals surface area contributed by atoms with Crippen LogP contribution in [0, 0.1) is 5.92 Å². The van der Waals surface area contributed by atoms with Gasteiger partial charge in [-0.3, -0.25) is 4.40 Å². The van der Waals surface area contributed by atoms with Crippen molar-refractivity contribution in [1.29, 1.82) is 0 Å². The van der Waals surface area contributed by atoms with Crippen LogP contribution >= 0.6 is 0 Å². The van der Waals surface area contributed by atoms with Gasteiger partial charge in [0.2, 0.25) is 0 Å². The Balaban J connectivity index is 2.13. The third kappa shape index (κ3) is 2.41. The summed E-state index contributed by atoms with van der Waals surface area (Å²) in [5.74, 6) is 0.603. The smallest absolute Gasteiger partial charge is 0.337 e. The Kier molecular flexibility index (Phi) is 3.43. The Morgan fingerprint density at radius 2 is 2.05 bits per heavy atom. The number of hydrogen-bond donors (Lipinski definition) is 1. The quantitative estimate of drug-likeness (QED) is 0.937. The zero-order valence-electron chi connectivity index (χ0n) is 12.5. The predicted octanol–water partition coefficient (Wildman–Crippen LogP) is 3.29. The van der Waals surface area contributed by atoms with Gasteiger partial charge in [0.25, 0.3) is 0 Å². The molecule has 0 amide bonds. The molecule has 21 heavy (non-hydrogen) atoms. The molecule has 1 aliphatic rings. The number of aromatic nitrogens is 3.